The van der Waals surface area contributed by atoms with Gasteiger partial charge < -0.3 is 9.84 Å². The molecule has 2 heterocycles. The third kappa shape index (κ3) is 3.49. The van der Waals surface area contributed by atoms with Crippen molar-refractivity contribution in [1.82, 2.24) is 9.97 Å². The van der Waals surface area contributed by atoms with Gasteiger partial charge in [0.25, 0.3) is 0 Å². The van der Waals surface area contributed by atoms with E-state index in [1.54, 1.807) is 12.1 Å². The van der Waals surface area contributed by atoms with E-state index in [4.69, 9.17) is 9.84 Å². The van der Waals surface area contributed by atoms with E-state index in [0.29, 0.717) is 25.5 Å². The highest BCUT2D eigenvalue weighted by Gasteiger charge is 2.35. The molecule has 6 heteroatoms. The molecule has 0 spiro atoms. The Balaban J connectivity index is 1.88. The molecule has 0 atom stereocenters. The van der Waals surface area contributed by atoms with Crippen LogP contribution in [0.4, 0.5) is 4.39 Å². The largest absolute Gasteiger partial charge is 0.388 e. The van der Waals surface area contributed by atoms with Gasteiger partial charge in [-0.25, -0.2) is 14.4 Å². The number of ether oxygens (including phenoxy) is 1. The molecule has 1 aromatic heterocycles. The molecule has 2 aromatic rings. The monoisotopic (exact) mass is 330 g/mol. The topological polar surface area (TPSA) is 72.3 Å². The maximum Gasteiger partial charge on any atom is 0.191 e. The summed E-state index contributed by atoms with van der Waals surface area (Å²) in [6, 6.07) is 6.64. The van der Waals surface area contributed by atoms with Crippen LogP contribution in [-0.2, 0) is 16.6 Å². The van der Waals surface area contributed by atoms with Gasteiger partial charge in [0.15, 0.2) is 5.78 Å². The average Bonchev–Trinajstić information content (AvgIpc) is 2.62. The van der Waals surface area contributed by atoms with E-state index in [0.717, 1.165) is 18.4 Å². The van der Waals surface area contributed by atoms with Crippen molar-refractivity contribution in [3.8, 4) is 0 Å². The Kier molecular flexibility index (Phi) is 4.97. The highest BCUT2D eigenvalue weighted by atomic mass is 19.1. The first-order valence-electron chi connectivity index (χ1n) is 7.92. The maximum absolute atomic E-state index is 13.7. The van der Waals surface area contributed by atoms with Crippen LogP contribution in [0.5, 0.6) is 0 Å². The van der Waals surface area contributed by atoms with E-state index in [-0.39, 0.29) is 16.8 Å². The summed E-state index contributed by atoms with van der Waals surface area (Å²) in [7, 11) is 0. The van der Waals surface area contributed by atoms with Gasteiger partial charge in [-0.3, -0.25) is 4.79 Å². The highest BCUT2D eigenvalue weighted by molar-refractivity contribution is 5.96. The molecule has 0 bridgehead atoms. The van der Waals surface area contributed by atoms with Crippen LogP contribution >= 0.6 is 0 Å². The van der Waals surface area contributed by atoms with Crippen LogP contribution in [0.2, 0.25) is 0 Å². The van der Waals surface area contributed by atoms with Gasteiger partial charge in [-0.1, -0.05) is 12.1 Å². The molecule has 1 fully saturated rings. The summed E-state index contributed by atoms with van der Waals surface area (Å²) in [4.78, 5) is 20.0. The zero-order valence-electron chi connectivity index (χ0n) is 13.2. The second-order valence-corrected chi connectivity index (χ2v) is 6.05. The molecule has 3 rings (SSSR count). The molecule has 0 aliphatic carbocycles. The van der Waals surface area contributed by atoms with Gasteiger partial charge in [0.2, 0.25) is 0 Å². The van der Waals surface area contributed by atoms with E-state index in [1.807, 2.05) is 6.07 Å². The summed E-state index contributed by atoms with van der Waals surface area (Å²) in [5.41, 5.74) is 0.931. The second kappa shape index (κ2) is 7.15. The minimum Gasteiger partial charge on any atom is -0.388 e. The van der Waals surface area contributed by atoms with Crippen LogP contribution in [0.15, 0.2) is 36.7 Å². The molecule has 0 unspecified atom stereocenters. The number of halogens is 1. The molecule has 126 valence electrons. The van der Waals surface area contributed by atoms with Crippen LogP contribution in [0.3, 0.4) is 0 Å². The van der Waals surface area contributed by atoms with E-state index in [1.165, 1.54) is 18.5 Å². The van der Waals surface area contributed by atoms with Gasteiger partial charge in [-0.2, -0.15) is 0 Å². The predicted octanol–water partition coefficient (Wildman–Crippen LogP) is 2.08. The Hall–Kier alpha value is -2.18. The van der Waals surface area contributed by atoms with E-state index in [2.05, 4.69) is 9.97 Å². The van der Waals surface area contributed by atoms with Gasteiger partial charge in [-0.15, -0.1) is 0 Å². The van der Waals surface area contributed by atoms with Gasteiger partial charge in [0.05, 0.1) is 5.56 Å². The fraction of sp³-hybridized carbons (Fsp3) is 0.389. The van der Waals surface area contributed by atoms with Crippen molar-refractivity contribution < 1.29 is 19.0 Å². The van der Waals surface area contributed by atoms with Crippen LogP contribution in [0, 0.1) is 5.82 Å². The van der Waals surface area contributed by atoms with Crippen LogP contribution < -0.4 is 0 Å². The summed E-state index contributed by atoms with van der Waals surface area (Å²) in [5, 5.41) is 8.88. The molecule has 24 heavy (non-hydrogen) atoms. The first-order chi connectivity index (χ1) is 11.6. The lowest BCUT2D eigenvalue weighted by atomic mass is 9.71. The molecule has 0 amide bonds. The third-order valence-electron chi connectivity index (χ3n) is 4.55. The SMILES string of the molecule is O=C(CO)c1cnc(CC2(c3cccc(F)c3)CCOCC2)nc1. The van der Waals surface area contributed by atoms with Gasteiger partial charge >= 0.3 is 0 Å². The molecule has 1 N–H and O–H groups in total. The van der Waals surface area contributed by atoms with Gasteiger partial charge in [0, 0.05) is 37.4 Å². The first-order valence-corrected chi connectivity index (χ1v) is 7.92. The molecule has 1 aliphatic rings. The quantitative estimate of drug-likeness (QED) is 0.850. The Morgan fingerprint density at radius 2 is 1.96 bits per heavy atom. The number of rotatable bonds is 5. The number of carbonyl (C=O) groups is 1. The minimum atomic E-state index is -0.562. The number of hydrogen-bond donors (Lipinski definition) is 1. The summed E-state index contributed by atoms with van der Waals surface area (Å²) >= 11 is 0. The van der Waals surface area contributed by atoms with Crippen molar-refractivity contribution in [2.45, 2.75) is 24.7 Å². The Bertz CT molecular complexity index is 712. The standard InChI is InChI=1S/C18H19FN2O3/c19-15-3-1-2-14(8-15)18(4-6-24-7-5-18)9-17-20-10-13(11-21-17)16(23)12-22/h1-3,8,10-11,22H,4-7,9,12H2. The Morgan fingerprint density at radius 1 is 1.25 bits per heavy atom. The number of aliphatic hydroxyl groups excluding tert-OH is 1. The van der Waals surface area contributed by atoms with Crippen molar-refractivity contribution in [3.05, 3.63) is 59.4 Å². The van der Waals surface area contributed by atoms with Crippen molar-refractivity contribution in [2.24, 2.45) is 0 Å². The number of Topliss-reactive ketones (excluding diaryl/α,β-unsaturated/α-hetero) is 1. The average molecular weight is 330 g/mol. The lowest BCUT2D eigenvalue weighted by molar-refractivity contribution is 0.0492. The van der Waals surface area contributed by atoms with E-state index in [9.17, 15) is 9.18 Å². The first kappa shape index (κ1) is 16.7. The number of benzene rings is 1. The van der Waals surface area contributed by atoms with Crippen LogP contribution in [0.25, 0.3) is 0 Å². The number of ketones is 1. The van der Waals surface area contributed by atoms with Gasteiger partial charge in [0.1, 0.15) is 18.2 Å². The molecular weight excluding hydrogens is 311 g/mol. The number of hydrogen-bond acceptors (Lipinski definition) is 5. The molecule has 1 aromatic carbocycles. The highest BCUT2D eigenvalue weighted by Crippen LogP contribution is 2.37. The van der Waals surface area contributed by atoms with Crippen LogP contribution in [-0.4, -0.2) is 40.7 Å². The summed E-state index contributed by atoms with van der Waals surface area (Å²) in [6.07, 6.45) is 4.93. The normalized spacial score (nSPS) is 16.8. The molecular formula is C18H19FN2O3. The number of aromatic nitrogens is 2. The summed E-state index contributed by atoms with van der Waals surface area (Å²) in [6.45, 7) is 0.655. The number of carbonyl (C=O) groups excluding carboxylic acids is 1. The fourth-order valence-electron chi connectivity index (χ4n) is 3.13. The Morgan fingerprint density at radius 3 is 2.58 bits per heavy atom. The van der Waals surface area contributed by atoms with Crippen molar-refractivity contribution >= 4 is 5.78 Å². The summed E-state index contributed by atoms with van der Waals surface area (Å²) < 4.78 is 19.2. The molecule has 0 saturated carbocycles. The van der Waals surface area contributed by atoms with E-state index < -0.39 is 12.4 Å². The van der Waals surface area contributed by atoms with Crippen molar-refractivity contribution in [2.75, 3.05) is 19.8 Å². The second-order valence-electron chi connectivity index (χ2n) is 6.05. The zero-order valence-corrected chi connectivity index (χ0v) is 13.2. The smallest absolute Gasteiger partial charge is 0.191 e. The molecule has 1 aliphatic heterocycles. The lowest BCUT2D eigenvalue weighted by Gasteiger charge is -2.37. The number of nitrogens with zero attached hydrogens (tertiary/aromatic N) is 2. The van der Waals surface area contributed by atoms with E-state index >= 15 is 0 Å². The zero-order chi connectivity index (χ0) is 17.0. The van der Waals surface area contributed by atoms with Crippen molar-refractivity contribution in [3.63, 3.8) is 0 Å². The molecule has 5 nitrogen and oxygen atoms in total. The predicted molar refractivity (Wildman–Crippen MR) is 85.3 cm³/mol. The maximum atomic E-state index is 13.7. The Labute approximate surface area is 139 Å². The minimum absolute atomic E-state index is 0.261. The third-order valence-corrected chi connectivity index (χ3v) is 4.55. The molecule has 0 radical (unpaired) electrons. The van der Waals surface area contributed by atoms with Crippen LogP contribution in [0.1, 0.15) is 34.6 Å². The fourth-order valence-corrected chi connectivity index (χ4v) is 3.13. The number of aliphatic hydroxyl groups is 1. The molecule has 1 saturated heterocycles. The summed E-state index contributed by atoms with van der Waals surface area (Å²) in [5.74, 6) is -0.0775. The van der Waals surface area contributed by atoms with Gasteiger partial charge in [-0.05, 0) is 30.5 Å². The van der Waals surface area contributed by atoms with Crippen molar-refractivity contribution in [1.29, 1.82) is 0 Å². The lowest BCUT2D eigenvalue weighted by Crippen LogP contribution is -2.36.